The van der Waals surface area contributed by atoms with Crippen molar-refractivity contribution in [3.63, 3.8) is 0 Å². The van der Waals surface area contributed by atoms with Gasteiger partial charge in [-0.15, -0.1) is 0 Å². The molecule has 5 nitrogen and oxygen atoms in total. The number of thioether (sulfide) groups is 1. The molecular weight excluding hydrogens is 388 g/mol. The first kappa shape index (κ1) is 18.6. The highest BCUT2D eigenvalue weighted by atomic mass is 32.2. The molecule has 0 unspecified atom stereocenters. The third-order valence-electron chi connectivity index (χ3n) is 3.59. The fourth-order valence-electron chi connectivity index (χ4n) is 2.41. The third kappa shape index (κ3) is 3.98. The molecular formula is C18H16N2O3S3. The van der Waals surface area contributed by atoms with E-state index in [1.807, 2.05) is 36.6 Å². The number of nitrogens with one attached hydrogen (secondary N) is 1. The number of amides is 1. The normalized spacial score (nSPS) is 11.3. The Labute approximate surface area is 160 Å². The lowest BCUT2D eigenvalue weighted by Crippen LogP contribution is -2.15. The minimum absolute atomic E-state index is 0.00775. The Morgan fingerprint density at radius 3 is 2.38 bits per heavy atom. The van der Waals surface area contributed by atoms with E-state index in [4.69, 9.17) is 0 Å². The molecule has 1 N–H and O–H groups in total. The molecule has 0 bridgehead atoms. The maximum absolute atomic E-state index is 12.8. The number of thiazole rings is 1. The fourth-order valence-corrected chi connectivity index (χ4v) is 4.78. The smallest absolute Gasteiger partial charge is 0.257 e. The molecule has 3 aromatic rings. The quantitative estimate of drug-likeness (QED) is 0.646. The number of carbonyl (C=O) groups excluding carboxylic acids is 1. The molecule has 1 amide bonds. The molecule has 0 aliphatic carbocycles. The summed E-state index contributed by atoms with van der Waals surface area (Å²) in [6, 6.07) is 15.7. The van der Waals surface area contributed by atoms with E-state index in [2.05, 4.69) is 10.3 Å². The van der Waals surface area contributed by atoms with Crippen molar-refractivity contribution in [2.45, 2.75) is 9.24 Å². The van der Waals surface area contributed by atoms with Crippen molar-refractivity contribution >= 4 is 43.8 Å². The van der Waals surface area contributed by atoms with E-state index in [-0.39, 0.29) is 10.5 Å². The highest BCUT2D eigenvalue weighted by Gasteiger charge is 2.21. The lowest BCUT2D eigenvalue weighted by atomic mass is 10.1. The van der Waals surface area contributed by atoms with Crippen LogP contribution in [0.2, 0.25) is 0 Å². The number of nitrogens with zero attached hydrogens (tertiary/aromatic N) is 1. The van der Waals surface area contributed by atoms with Gasteiger partial charge >= 0.3 is 0 Å². The van der Waals surface area contributed by atoms with Crippen molar-refractivity contribution in [3.8, 4) is 11.3 Å². The van der Waals surface area contributed by atoms with E-state index in [0.717, 1.165) is 16.2 Å². The van der Waals surface area contributed by atoms with Crippen LogP contribution in [0.1, 0.15) is 10.4 Å². The monoisotopic (exact) mass is 404 g/mol. The summed E-state index contributed by atoms with van der Waals surface area (Å²) in [4.78, 5) is 17.3. The lowest BCUT2D eigenvalue weighted by molar-refractivity contribution is 0.102. The van der Waals surface area contributed by atoms with Crippen LogP contribution in [0.4, 0.5) is 5.00 Å². The number of sulfone groups is 1. The van der Waals surface area contributed by atoms with Crippen molar-refractivity contribution in [1.29, 1.82) is 0 Å². The summed E-state index contributed by atoms with van der Waals surface area (Å²) < 4.78 is 24.7. The van der Waals surface area contributed by atoms with Gasteiger partial charge in [0.2, 0.25) is 0 Å². The SMILES string of the molecule is CSc1nc(-c2ccccc2)c(NC(=O)c2ccccc2S(C)(=O)=O)s1. The van der Waals surface area contributed by atoms with E-state index in [1.165, 1.54) is 35.2 Å². The van der Waals surface area contributed by atoms with Gasteiger partial charge in [-0.2, -0.15) is 0 Å². The topological polar surface area (TPSA) is 76.1 Å². The van der Waals surface area contributed by atoms with E-state index in [1.54, 1.807) is 12.1 Å². The number of benzene rings is 2. The molecule has 0 saturated heterocycles. The van der Waals surface area contributed by atoms with E-state index in [9.17, 15) is 13.2 Å². The number of anilines is 1. The first-order chi connectivity index (χ1) is 12.4. The van der Waals surface area contributed by atoms with Gasteiger partial charge in [-0.05, 0) is 18.4 Å². The molecule has 0 radical (unpaired) electrons. The van der Waals surface area contributed by atoms with Gasteiger partial charge in [0.05, 0.1) is 10.5 Å². The summed E-state index contributed by atoms with van der Waals surface area (Å²) >= 11 is 2.85. The molecule has 0 fully saturated rings. The van der Waals surface area contributed by atoms with Gasteiger partial charge in [0.15, 0.2) is 14.2 Å². The van der Waals surface area contributed by atoms with Crippen LogP contribution in [0.15, 0.2) is 63.8 Å². The number of hydrogen-bond acceptors (Lipinski definition) is 6. The zero-order valence-electron chi connectivity index (χ0n) is 14.1. The highest BCUT2D eigenvalue weighted by Crippen LogP contribution is 2.37. The molecule has 0 spiro atoms. The summed E-state index contributed by atoms with van der Waals surface area (Å²) in [5.74, 6) is -0.473. The van der Waals surface area contributed by atoms with Gasteiger partial charge in [-0.3, -0.25) is 4.79 Å². The van der Waals surface area contributed by atoms with Crippen LogP contribution in [0.5, 0.6) is 0 Å². The second-order valence-corrected chi connectivity index (χ2v) is 9.49. The predicted octanol–water partition coefficient (Wildman–Crippen LogP) is 4.19. The fraction of sp³-hybridized carbons (Fsp3) is 0.111. The maximum atomic E-state index is 12.8. The van der Waals surface area contributed by atoms with Crippen LogP contribution < -0.4 is 5.32 Å². The molecule has 134 valence electrons. The van der Waals surface area contributed by atoms with Crippen LogP contribution in [0, 0.1) is 0 Å². The van der Waals surface area contributed by atoms with Crippen LogP contribution in [0.3, 0.4) is 0 Å². The Morgan fingerprint density at radius 2 is 1.73 bits per heavy atom. The van der Waals surface area contributed by atoms with Crippen molar-refractivity contribution in [3.05, 3.63) is 60.2 Å². The summed E-state index contributed by atoms with van der Waals surface area (Å²) in [7, 11) is -3.51. The van der Waals surface area contributed by atoms with E-state index in [0.29, 0.717) is 10.7 Å². The summed E-state index contributed by atoms with van der Waals surface area (Å²) in [5.41, 5.74) is 1.67. The minimum Gasteiger partial charge on any atom is -0.312 e. The van der Waals surface area contributed by atoms with Crippen LogP contribution in [-0.2, 0) is 9.84 Å². The molecule has 0 atom stereocenters. The largest absolute Gasteiger partial charge is 0.312 e. The predicted molar refractivity (Wildman–Crippen MR) is 107 cm³/mol. The van der Waals surface area contributed by atoms with Crippen molar-refractivity contribution in [1.82, 2.24) is 4.98 Å². The van der Waals surface area contributed by atoms with Gasteiger partial charge < -0.3 is 5.32 Å². The second kappa shape index (κ2) is 7.61. The average molecular weight is 405 g/mol. The van der Waals surface area contributed by atoms with Gasteiger partial charge in [-0.1, -0.05) is 65.6 Å². The zero-order chi connectivity index (χ0) is 18.7. The summed E-state index contributed by atoms with van der Waals surface area (Å²) in [5, 5.41) is 3.42. The van der Waals surface area contributed by atoms with Gasteiger partial charge in [-0.25, -0.2) is 13.4 Å². The van der Waals surface area contributed by atoms with Crippen LogP contribution in [-0.4, -0.2) is 31.8 Å². The molecule has 2 aromatic carbocycles. The highest BCUT2D eigenvalue weighted by molar-refractivity contribution is 8.00. The standard InChI is InChI=1S/C18H16N2O3S3/c1-24-18-19-15(12-8-4-3-5-9-12)17(25-18)20-16(21)13-10-6-7-11-14(13)26(2,22)23/h3-11H,1-2H3,(H,20,21). The van der Waals surface area contributed by atoms with Gasteiger partial charge in [0.1, 0.15) is 10.7 Å². The molecule has 1 heterocycles. The Bertz CT molecular complexity index is 1040. The van der Waals surface area contributed by atoms with Gasteiger partial charge in [0.25, 0.3) is 5.91 Å². The molecule has 3 rings (SSSR count). The number of hydrogen-bond donors (Lipinski definition) is 1. The summed E-state index contributed by atoms with van der Waals surface area (Å²) in [6.45, 7) is 0. The van der Waals surface area contributed by atoms with E-state index >= 15 is 0 Å². The Hall–Kier alpha value is -2.16. The van der Waals surface area contributed by atoms with Crippen molar-refractivity contribution in [2.24, 2.45) is 0 Å². The number of aromatic nitrogens is 1. The lowest BCUT2D eigenvalue weighted by Gasteiger charge is -2.09. The molecule has 8 heteroatoms. The molecule has 0 aliphatic heterocycles. The first-order valence-electron chi connectivity index (χ1n) is 7.61. The Balaban J connectivity index is 2.00. The summed E-state index contributed by atoms with van der Waals surface area (Å²) in [6.07, 6.45) is 3.01. The number of carbonyl (C=O) groups is 1. The van der Waals surface area contributed by atoms with Crippen molar-refractivity contribution < 1.29 is 13.2 Å². The van der Waals surface area contributed by atoms with Crippen LogP contribution >= 0.6 is 23.1 Å². The second-order valence-electron chi connectivity index (χ2n) is 5.45. The number of rotatable bonds is 5. The average Bonchev–Trinajstić information content (AvgIpc) is 3.04. The minimum atomic E-state index is -3.51. The zero-order valence-corrected chi connectivity index (χ0v) is 16.5. The van der Waals surface area contributed by atoms with Crippen molar-refractivity contribution in [2.75, 3.05) is 17.8 Å². The van der Waals surface area contributed by atoms with E-state index < -0.39 is 15.7 Å². The molecule has 1 aromatic heterocycles. The first-order valence-corrected chi connectivity index (χ1v) is 11.5. The Kier molecular flexibility index (Phi) is 5.45. The molecule has 0 aliphatic rings. The Morgan fingerprint density at radius 1 is 1.08 bits per heavy atom. The van der Waals surface area contributed by atoms with Gasteiger partial charge in [0, 0.05) is 11.8 Å². The molecule has 0 saturated carbocycles. The third-order valence-corrected chi connectivity index (χ3v) is 6.70. The maximum Gasteiger partial charge on any atom is 0.257 e. The van der Waals surface area contributed by atoms with Crippen LogP contribution in [0.25, 0.3) is 11.3 Å². The molecule has 26 heavy (non-hydrogen) atoms.